The molecule has 1 atom stereocenters. The van der Waals surface area contributed by atoms with E-state index >= 15 is 0 Å². The van der Waals surface area contributed by atoms with Gasteiger partial charge in [0, 0.05) is 23.3 Å². The van der Waals surface area contributed by atoms with Crippen molar-refractivity contribution in [3.8, 4) is 0 Å². The van der Waals surface area contributed by atoms with Crippen molar-refractivity contribution >= 4 is 15.9 Å². The van der Waals surface area contributed by atoms with E-state index in [9.17, 15) is 0 Å². The largest absolute Gasteiger partial charge is 0.305 e. The first-order chi connectivity index (χ1) is 8.66. The number of hydrogen-bond acceptors (Lipinski definition) is 3. The van der Waals surface area contributed by atoms with Crippen molar-refractivity contribution in [2.45, 2.75) is 26.4 Å². The molecular formula is C14H16BrN3. The lowest BCUT2D eigenvalue weighted by molar-refractivity contribution is 0.564. The molecule has 2 aromatic rings. The zero-order valence-electron chi connectivity index (χ0n) is 10.5. The number of nitrogens with one attached hydrogen (secondary N) is 1. The fourth-order valence-electron chi connectivity index (χ4n) is 1.80. The van der Waals surface area contributed by atoms with Crippen LogP contribution in [-0.2, 0) is 6.54 Å². The van der Waals surface area contributed by atoms with E-state index in [2.05, 4.69) is 50.3 Å². The van der Waals surface area contributed by atoms with Crippen LogP contribution in [0.3, 0.4) is 0 Å². The van der Waals surface area contributed by atoms with Gasteiger partial charge in [-0.15, -0.1) is 0 Å². The number of aryl methyl sites for hydroxylation is 1. The number of rotatable bonds is 4. The fourth-order valence-corrected chi connectivity index (χ4v) is 2.43. The van der Waals surface area contributed by atoms with Gasteiger partial charge >= 0.3 is 0 Å². The van der Waals surface area contributed by atoms with Gasteiger partial charge in [0.05, 0.1) is 5.69 Å². The minimum atomic E-state index is 0.274. The molecule has 0 bridgehead atoms. The minimum Gasteiger partial charge on any atom is -0.305 e. The first kappa shape index (κ1) is 13.2. The summed E-state index contributed by atoms with van der Waals surface area (Å²) in [7, 11) is 0. The Morgan fingerprint density at radius 2 is 2.06 bits per heavy atom. The summed E-state index contributed by atoms with van der Waals surface area (Å²) < 4.78 is 1.13. The molecule has 3 nitrogen and oxygen atoms in total. The Kier molecular flexibility index (Phi) is 4.44. The lowest BCUT2D eigenvalue weighted by Gasteiger charge is -2.15. The van der Waals surface area contributed by atoms with Crippen LogP contribution in [0.15, 0.2) is 41.0 Å². The average Bonchev–Trinajstić information content (AvgIpc) is 2.37. The van der Waals surface area contributed by atoms with Crippen molar-refractivity contribution in [2.75, 3.05) is 0 Å². The van der Waals surface area contributed by atoms with E-state index in [1.54, 1.807) is 6.20 Å². The highest BCUT2D eigenvalue weighted by Crippen LogP contribution is 2.22. The summed E-state index contributed by atoms with van der Waals surface area (Å²) in [6.07, 6.45) is 1.79. The number of benzene rings is 1. The van der Waals surface area contributed by atoms with Crippen LogP contribution in [0.4, 0.5) is 0 Å². The van der Waals surface area contributed by atoms with Gasteiger partial charge in [-0.05, 0) is 31.5 Å². The zero-order valence-corrected chi connectivity index (χ0v) is 12.1. The topological polar surface area (TPSA) is 37.8 Å². The summed E-state index contributed by atoms with van der Waals surface area (Å²) >= 11 is 3.57. The van der Waals surface area contributed by atoms with Crippen LogP contribution >= 0.6 is 15.9 Å². The second-order valence-electron chi connectivity index (χ2n) is 4.22. The van der Waals surface area contributed by atoms with E-state index in [0.29, 0.717) is 0 Å². The van der Waals surface area contributed by atoms with E-state index in [-0.39, 0.29) is 6.04 Å². The third-order valence-corrected chi connectivity index (χ3v) is 3.52. The minimum absolute atomic E-state index is 0.274. The third kappa shape index (κ3) is 3.37. The van der Waals surface area contributed by atoms with Gasteiger partial charge in [-0.1, -0.05) is 34.1 Å². The molecule has 94 valence electrons. The lowest BCUT2D eigenvalue weighted by atomic mass is 10.1. The van der Waals surface area contributed by atoms with Crippen molar-refractivity contribution in [3.05, 3.63) is 58.1 Å². The Balaban J connectivity index is 2.00. The highest BCUT2D eigenvalue weighted by atomic mass is 79.9. The predicted molar refractivity (Wildman–Crippen MR) is 76.2 cm³/mol. The molecule has 0 fully saturated rings. The summed E-state index contributed by atoms with van der Waals surface area (Å²) in [5.74, 6) is 0.808. The molecule has 1 heterocycles. The van der Waals surface area contributed by atoms with Crippen LogP contribution in [0.25, 0.3) is 0 Å². The molecule has 0 aliphatic heterocycles. The first-order valence-corrected chi connectivity index (χ1v) is 6.72. The highest BCUT2D eigenvalue weighted by molar-refractivity contribution is 9.10. The van der Waals surface area contributed by atoms with Gasteiger partial charge in [-0.25, -0.2) is 9.97 Å². The zero-order chi connectivity index (χ0) is 13.0. The van der Waals surface area contributed by atoms with E-state index in [1.807, 2.05) is 25.1 Å². The van der Waals surface area contributed by atoms with Gasteiger partial charge in [0.2, 0.25) is 0 Å². The van der Waals surface area contributed by atoms with Crippen LogP contribution in [0.1, 0.15) is 30.0 Å². The predicted octanol–water partition coefficient (Wildman–Crippen LogP) is 3.40. The van der Waals surface area contributed by atoms with E-state index in [4.69, 9.17) is 0 Å². The van der Waals surface area contributed by atoms with Crippen LogP contribution < -0.4 is 5.32 Å². The Morgan fingerprint density at radius 1 is 1.28 bits per heavy atom. The molecule has 0 aliphatic carbocycles. The quantitative estimate of drug-likeness (QED) is 0.941. The molecule has 1 aromatic heterocycles. The van der Waals surface area contributed by atoms with Crippen molar-refractivity contribution in [3.63, 3.8) is 0 Å². The van der Waals surface area contributed by atoms with Crippen LogP contribution in [0.2, 0.25) is 0 Å². The molecule has 0 spiro atoms. The van der Waals surface area contributed by atoms with Crippen LogP contribution in [0, 0.1) is 6.92 Å². The van der Waals surface area contributed by atoms with Gasteiger partial charge in [0.1, 0.15) is 5.82 Å². The SMILES string of the molecule is Cc1nccc(CN[C@H](C)c2ccccc2Br)n1. The van der Waals surface area contributed by atoms with Crippen molar-refractivity contribution < 1.29 is 0 Å². The van der Waals surface area contributed by atoms with Crippen molar-refractivity contribution in [1.29, 1.82) is 0 Å². The summed E-state index contributed by atoms with van der Waals surface area (Å²) in [5, 5.41) is 3.46. The van der Waals surface area contributed by atoms with E-state index < -0.39 is 0 Å². The Labute approximate surface area is 116 Å². The highest BCUT2D eigenvalue weighted by Gasteiger charge is 2.08. The smallest absolute Gasteiger partial charge is 0.125 e. The first-order valence-electron chi connectivity index (χ1n) is 5.93. The molecule has 18 heavy (non-hydrogen) atoms. The maximum absolute atomic E-state index is 4.38. The summed E-state index contributed by atoms with van der Waals surface area (Å²) in [6, 6.07) is 10.5. The van der Waals surface area contributed by atoms with E-state index in [0.717, 1.165) is 22.5 Å². The number of nitrogens with zero attached hydrogens (tertiary/aromatic N) is 2. The van der Waals surface area contributed by atoms with Crippen LogP contribution in [0.5, 0.6) is 0 Å². The standard InChI is InChI=1S/C14H16BrN3/c1-10(13-5-3-4-6-14(13)15)17-9-12-7-8-16-11(2)18-12/h3-8,10,17H,9H2,1-2H3/t10-/m1/s1. The van der Waals surface area contributed by atoms with Gasteiger partial charge in [-0.2, -0.15) is 0 Å². The molecule has 2 rings (SSSR count). The van der Waals surface area contributed by atoms with Crippen LogP contribution in [-0.4, -0.2) is 9.97 Å². The normalized spacial score (nSPS) is 12.4. The molecule has 1 N–H and O–H groups in total. The Bertz CT molecular complexity index is 528. The average molecular weight is 306 g/mol. The second kappa shape index (κ2) is 6.07. The molecule has 0 unspecified atom stereocenters. The van der Waals surface area contributed by atoms with Gasteiger partial charge in [0.25, 0.3) is 0 Å². The monoisotopic (exact) mass is 305 g/mol. The number of halogens is 1. The maximum Gasteiger partial charge on any atom is 0.125 e. The van der Waals surface area contributed by atoms with Crippen molar-refractivity contribution in [1.82, 2.24) is 15.3 Å². The molecule has 1 aromatic carbocycles. The molecular weight excluding hydrogens is 290 g/mol. The van der Waals surface area contributed by atoms with Crippen molar-refractivity contribution in [2.24, 2.45) is 0 Å². The molecule has 0 radical (unpaired) electrons. The van der Waals surface area contributed by atoms with E-state index in [1.165, 1.54) is 5.56 Å². The summed E-state index contributed by atoms with van der Waals surface area (Å²) in [6.45, 7) is 4.79. The summed E-state index contributed by atoms with van der Waals surface area (Å²) in [5.41, 5.74) is 2.27. The second-order valence-corrected chi connectivity index (χ2v) is 5.07. The molecule has 0 amide bonds. The number of aromatic nitrogens is 2. The third-order valence-electron chi connectivity index (χ3n) is 2.79. The summed E-state index contributed by atoms with van der Waals surface area (Å²) in [4.78, 5) is 8.47. The van der Waals surface area contributed by atoms with Gasteiger partial charge in [-0.3, -0.25) is 0 Å². The molecule has 0 aliphatic rings. The lowest BCUT2D eigenvalue weighted by Crippen LogP contribution is -2.19. The molecule has 4 heteroatoms. The Morgan fingerprint density at radius 3 is 2.78 bits per heavy atom. The Hall–Kier alpha value is -1.26. The molecule has 0 saturated carbocycles. The fraction of sp³-hybridized carbons (Fsp3) is 0.286. The van der Waals surface area contributed by atoms with Gasteiger partial charge < -0.3 is 5.32 Å². The van der Waals surface area contributed by atoms with Gasteiger partial charge in [0.15, 0.2) is 0 Å². The molecule has 0 saturated heterocycles. The number of hydrogen-bond donors (Lipinski definition) is 1. The maximum atomic E-state index is 4.38.